The zero-order valence-electron chi connectivity index (χ0n) is 11.5. The van der Waals surface area contributed by atoms with Crippen LogP contribution in [0.2, 0.25) is 0 Å². The smallest absolute Gasteiger partial charge is 0.370 e. The average molecular weight is 418 g/mol. The molecule has 0 spiro atoms. The van der Waals surface area contributed by atoms with Gasteiger partial charge in [0.05, 0.1) is 0 Å². The zero-order valence-corrected chi connectivity index (χ0v) is 13.9. The average Bonchev–Trinajstić information content (AvgIpc) is 2.84. The van der Waals surface area contributed by atoms with E-state index in [0.29, 0.717) is 11.9 Å². The van der Waals surface area contributed by atoms with E-state index in [1.807, 2.05) is 4.90 Å². The van der Waals surface area contributed by atoms with Crippen molar-refractivity contribution in [2.24, 2.45) is 16.6 Å². The van der Waals surface area contributed by atoms with E-state index in [4.69, 9.17) is 5.73 Å². The van der Waals surface area contributed by atoms with Crippen LogP contribution in [0.4, 0.5) is 13.2 Å². The Morgan fingerprint density at radius 1 is 1.52 bits per heavy atom. The molecule has 1 atom stereocenters. The minimum Gasteiger partial charge on any atom is -0.370 e. The molecule has 2 heterocycles. The molecule has 1 aromatic rings. The van der Waals surface area contributed by atoms with Crippen LogP contribution < -0.4 is 5.73 Å². The van der Waals surface area contributed by atoms with E-state index >= 15 is 0 Å². The Morgan fingerprint density at radius 3 is 2.81 bits per heavy atom. The first-order valence-corrected chi connectivity index (χ1v) is 6.39. The fourth-order valence-corrected chi connectivity index (χ4v) is 2.15. The van der Waals surface area contributed by atoms with Gasteiger partial charge in [-0.05, 0) is 18.8 Å². The molecular formula is C11H18F3IN6. The first kappa shape index (κ1) is 18.0. The predicted molar refractivity (Wildman–Crippen MR) is 82.1 cm³/mol. The summed E-state index contributed by atoms with van der Waals surface area (Å²) >= 11 is 0. The Bertz CT molecular complexity index is 487. The van der Waals surface area contributed by atoms with Gasteiger partial charge >= 0.3 is 6.18 Å². The summed E-state index contributed by atoms with van der Waals surface area (Å²) in [6.07, 6.45) is -2.36. The third kappa shape index (κ3) is 5.00. The van der Waals surface area contributed by atoms with Crippen molar-refractivity contribution in [3.8, 4) is 0 Å². The molecule has 1 saturated heterocycles. The van der Waals surface area contributed by atoms with Gasteiger partial charge in [-0.3, -0.25) is 5.10 Å². The van der Waals surface area contributed by atoms with Gasteiger partial charge in [-0.15, -0.1) is 29.1 Å². The van der Waals surface area contributed by atoms with Crippen molar-refractivity contribution in [1.29, 1.82) is 0 Å². The Hall–Kier alpha value is -1.07. The van der Waals surface area contributed by atoms with Gasteiger partial charge in [0.15, 0.2) is 5.96 Å². The molecule has 0 radical (unpaired) electrons. The topological polar surface area (TPSA) is 83.2 Å². The summed E-state index contributed by atoms with van der Waals surface area (Å²) in [6.45, 7) is 3.73. The number of aromatic nitrogens is 3. The van der Waals surface area contributed by atoms with Crippen LogP contribution in [0, 0.1) is 5.92 Å². The predicted octanol–water partition coefficient (Wildman–Crippen LogP) is 1.99. The van der Waals surface area contributed by atoms with Gasteiger partial charge in [-0.2, -0.15) is 13.2 Å². The molecule has 0 amide bonds. The number of H-pyrrole nitrogens is 1. The van der Waals surface area contributed by atoms with Crippen molar-refractivity contribution in [2.45, 2.75) is 32.5 Å². The molecule has 1 unspecified atom stereocenters. The van der Waals surface area contributed by atoms with Crippen molar-refractivity contribution in [3.05, 3.63) is 11.6 Å². The number of halogens is 4. The maximum absolute atomic E-state index is 12.3. The van der Waals surface area contributed by atoms with E-state index in [1.54, 1.807) is 0 Å². The molecule has 0 aromatic carbocycles. The number of nitrogens with one attached hydrogen (secondary N) is 1. The van der Waals surface area contributed by atoms with Gasteiger partial charge in [0.25, 0.3) is 5.82 Å². The summed E-state index contributed by atoms with van der Waals surface area (Å²) in [5, 5.41) is 5.32. The van der Waals surface area contributed by atoms with Crippen LogP contribution in [0.1, 0.15) is 31.4 Å². The lowest BCUT2D eigenvalue weighted by Crippen LogP contribution is -2.43. The molecule has 1 aromatic heterocycles. The minimum atomic E-state index is -4.55. The third-order valence-electron chi connectivity index (χ3n) is 3.16. The number of aromatic amines is 1. The highest BCUT2D eigenvalue weighted by molar-refractivity contribution is 14.0. The number of piperidine rings is 1. The highest BCUT2D eigenvalue weighted by Gasteiger charge is 2.35. The van der Waals surface area contributed by atoms with Crippen LogP contribution in [0.15, 0.2) is 4.99 Å². The number of guanidine groups is 1. The van der Waals surface area contributed by atoms with Crippen molar-refractivity contribution in [3.63, 3.8) is 0 Å². The van der Waals surface area contributed by atoms with Crippen LogP contribution in [-0.4, -0.2) is 39.1 Å². The zero-order chi connectivity index (χ0) is 14.8. The summed E-state index contributed by atoms with van der Waals surface area (Å²) < 4.78 is 37.0. The lowest BCUT2D eigenvalue weighted by molar-refractivity contribution is -0.144. The van der Waals surface area contributed by atoms with E-state index in [9.17, 15) is 13.2 Å². The number of alkyl halides is 3. The monoisotopic (exact) mass is 418 g/mol. The number of rotatable bonds is 2. The van der Waals surface area contributed by atoms with Gasteiger partial charge < -0.3 is 10.6 Å². The molecule has 21 heavy (non-hydrogen) atoms. The quantitative estimate of drug-likeness (QED) is 0.437. The number of hydrogen-bond acceptors (Lipinski definition) is 3. The number of nitrogens with zero attached hydrogens (tertiary/aromatic N) is 4. The molecule has 3 N–H and O–H groups in total. The first-order chi connectivity index (χ1) is 9.36. The van der Waals surface area contributed by atoms with Crippen LogP contribution in [0.3, 0.4) is 0 Å². The molecule has 1 aliphatic rings. The first-order valence-electron chi connectivity index (χ1n) is 6.39. The number of nitrogens with two attached hydrogens (primary N) is 1. The largest absolute Gasteiger partial charge is 0.453 e. The number of aliphatic imine (C=N–C) groups is 1. The van der Waals surface area contributed by atoms with Crippen molar-refractivity contribution in [2.75, 3.05) is 13.1 Å². The highest BCUT2D eigenvalue weighted by atomic mass is 127. The van der Waals surface area contributed by atoms with Crippen LogP contribution in [0.25, 0.3) is 0 Å². The van der Waals surface area contributed by atoms with E-state index < -0.39 is 12.0 Å². The normalized spacial score (nSPS) is 20.3. The van der Waals surface area contributed by atoms with Crippen molar-refractivity contribution in [1.82, 2.24) is 20.1 Å². The summed E-state index contributed by atoms with van der Waals surface area (Å²) in [7, 11) is 0. The fourth-order valence-electron chi connectivity index (χ4n) is 2.15. The van der Waals surface area contributed by atoms with Gasteiger partial charge in [-0.25, -0.2) is 9.98 Å². The molecule has 120 valence electrons. The molecule has 10 heteroatoms. The lowest BCUT2D eigenvalue weighted by atomic mass is 10.0. The van der Waals surface area contributed by atoms with Crippen molar-refractivity contribution < 1.29 is 13.2 Å². The molecular weight excluding hydrogens is 400 g/mol. The highest BCUT2D eigenvalue weighted by Crippen LogP contribution is 2.25. The van der Waals surface area contributed by atoms with E-state index in [0.717, 1.165) is 25.9 Å². The van der Waals surface area contributed by atoms with Gasteiger partial charge in [0, 0.05) is 13.1 Å². The van der Waals surface area contributed by atoms with E-state index in [2.05, 4.69) is 27.1 Å². The molecule has 1 fully saturated rings. The Kier molecular flexibility index (Phi) is 6.23. The summed E-state index contributed by atoms with van der Waals surface area (Å²) in [5.74, 6) is -0.265. The second-order valence-corrected chi connectivity index (χ2v) is 4.97. The van der Waals surface area contributed by atoms with Crippen LogP contribution in [-0.2, 0) is 12.7 Å². The minimum absolute atomic E-state index is 0. The van der Waals surface area contributed by atoms with Gasteiger partial charge in [-0.1, -0.05) is 6.92 Å². The van der Waals surface area contributed by atoms with E-state index in [1.165, 1.54) is 0 Å². The second kappa shape index (κ2) is 7.27. The van der Waals surface area contributed by atoms with Gasteiger partial charge in [0.1, 0.15) is 12.4 Å². The molecule has 0 bridgehead atoms. The number of likely N-dealkylation sites (tertiary alicyclic amines) is 1. The third-order valence-corrected chi connectivity index (χ3v) is 3.16. The molecule has 1 aliphatic heterocycles. The Balaban J connectivity index is 0.00000220. The van der Waals surface area contributed by atoms with Crippen LogP contribution in [0.5, 0.6) is 0 Å². The van der Waals surface area contributed by atoms with Gasteiger partial charge in [0.2, 0.25) is 0 Å². The Morgan fingerprint density at radius 2 is 2.24 bits per heavy atom. The number of hydrogen-bond donors (Lipinski definition) is 2. The fraction of sp³-hybridized carbons (Fsp3) is 0.727. The van der Waals surface area contributed by atoms with Crippen molar-refractivity contribution >= 4 is 29.9 Å². The molecule has 6 nitrogen and oxygen atoms in total. The van der Waals surface area contributed by atoms with E-state index in [-0.39, 0.29) is 36.3 Å². The molecule has 2 rings (SSSR count). The molecule has 0 aliphatic carbocycles. The summed E-state index contributed by atoms with van der Waals surface area (Å²) in [5.41, 5.74) is 5.84. The lowest BCUT2D eigenvalue weighted by Gasteiger charge is -2.31. The molecule has 0 saturated carbocycles. The van der Waals surface area contributed by atoms with Crippen LogP contribution >= 0.6 is 24.0 Å². The maximum atomic E-state index is 12.3. The maximum Gasteiger partial charge on any atom is 0.453 e. The summed E-state index contributed by atoms with van der Waals surface area (Å²) in [4.78, 5) is 9.35. The second-order valence-electron chi connectivity index (χ2n) is 4.97. The standard InChI is InChI=1S/C11H17F3N6.HI/c1-7-3-2-4-20(6-7)10(15)16-5-8-17-9(19-18-8)11(12,13)14;/h7H,2-6H2,1H3,(H2,15,16)(H,17,18,19);1H. The summed E-state index contributed by atoms with van der Waals surface area (Å²) in [6, 6.07) is 0. The SMILES string of the molecule is CC1CCCN(C(N)=NCc2nc(C(F)(F)F)n[nH]2)C1.I. The Labute approximate surface area is 137 Å².